The maximum atomic E-state index is 12.0. The van der Waals surface area contributed by atoms with Crippen molar-refractivity contribution < 1.29 is 9.32 Å². The standard InChI is InChI=1S/C12H15N5O2/c1-7-3-11(16-13)10(6-14-7)12(18)15-5-9-4-8(2)19-17-9/h3-4,6H,5,13H2,1-2H3,(H,14,16)(H,15,18). The number of nitrogens with one attached hydrogen (secondary N) is 2. The monoisotopic (exact) mass is 261 g/mol. The zero-order valence-electron chi connectivity index (χ0n) is 10.7. The molecule has 100 valence electrons. The average Bonchev–Trinajstić information content (AvgIpc) is 2.81. The van der Waals surface area contributed by atoms with Gasteiger partial charge in [-0.2, -0.15) is 0 Å². The highest BCUT2D eigenvalue weighted by atomic mass is 16.5. The van der Waals surface area contributed by atoms with Crippen LogP contribution in [0.1, 0.15) is 27.5 Å². The van der Waals surface area contributed by atoms with Gasteiger partial charge in [-0.3, -0.25) is 15.6 Å². The smallest absolute Gasteiger partial charge is 0.255 e. The first-order chi connectivity index (χ1) is 9.10. The van der Waals surface area contributed by atoms with Crippen molar-refractivity contribution in [3.05, 3.63) is 41.0 Å². The van der Waals surface area contributed by atoms with Gasteiger partial charge < -0.3 is 15.3 Å². The number of hydrogen-bond acceptors (Lipinski definition) is 6. The van der Waals surface area contributed by atoms with E-state index in [0.717, 1.165) is 5.69 Å². The molecule has 7 heteroatoms. The summed E-state index contributed by atoms with van der Waals surface area (Å²) in [5.41, 5.74) is 4.83. The van der Waals surface area contributed by atoms with Gasteiger partial charge in [-0.1, -0.05) is 5.16 Å². The van der Waals surface area contributed by atoms with Gasteiger partial charge in [-0.15, -0.1) is 0 Å². The Hall–Kier alpha value is -2.41. The molecule has 7 nitrogen and oxygen atoms in total. The summed E-state index contributed by atoms with van der Waals surface area (Å²) in [4.78, 5) is 16.1. The Bertz CT molecular complexity index is 594. The average molecular weight is 261 g/mol. The Morgan fingerprint density at radius 1 is 1.42 bits per heavy atom. The zero-order chi connectivity index (χ0) is 13.8. The Balaban J connectivity index is 2.07. The molecule has 2 aromatic rings. The molecular formula is C12H15N5O2. The number of nitrogens with zero attached hydrogens (tertiary/aromatic N) is 2. The molecule has 0 atom stereocenters. The molecule has 2 aromatic heterocycles. The van der Waals surface area contributed by atoms with Crippen molar-refractivity contribution in [2.24, 2.45) is 5.84 Å². The number of nitrogen functional groups attached to an aromatic ring is 1. The molecule has 0 radical (unpaired) electrons. The highest BCUT2D eigenvalue weighted by Gasteiger charge is 2.12. The van der Waals surface area contributed by atoms with E-state index in [4.69, 9.17) is 10.4 Å². The van der Waals surface area contributed by atoms with Crippen LogP contribution in [-0.4, -0.2) is 16.0 Å². The number of hydrogen-bond donors (Lipinski definition) is 3. The fraction of sp³-hybridized carbons (Fsp3) is 0.250. The quantitative estimate of drug-likeness (QED) is 0.557. The number of rotatable bonds is 4. The fourth-order valence-corrected chi connectivity index (χ4v) is 1.63. The van der Waals surface area contributed by atoms with Crippen molar-refractivity contribution in [2.75, 3.05) is 5.43 Å². The second-order valence-electron chi connectivity index (χ2n) is 4.13. The van der Waals surface area contributed by atoms with E-state index < -0.39 is 0 Å². The first-order valence-corrected chi connectivity index (χ1v) is 5.74. The molecule has 0 spiro atoms. The first-order valence-electron chi connectivity index (χ1n) is 5.74. The topological polar surface area (TPSA) is 106 Å². The third kappa shape index (κ3) is 3.08. The van der Waals surface area contributed by atoms with Crippen molar-refractivity contribution in [2.45, 2.75) is 20.4 Å². The van der Waals surface area contributed by atoms with Gasteiger partial charge in [0.25, 0.3) is 5.91 Å². The van der Waals surface area contributed by atoms with Gasteiger partial charge in [0, 0.05) is 18.0 Å². The summed E-state index contributed by atoms with van der Waals surface area (Å²) in [6.07, 6.45) is 1.48. The molecule has 0 saturated heterocycles. The number of carbonyl (C=O) groups excluding carboxylic acids is 1. The lowest BCUT2D eigenvalue weighted by Crippen LogP contribution is -2.25. The number of pyridine rings is 1. The summed E-state index contributed by atoms with van der Waals surface area (Å²) in [7, 11) is 0. The summed E-state index contributed by atoms with van der Waals surface area (Å²) in [5, 5.41) is 6.52. The molecule has 0 saturated carbocycles. The van der Waals surface area contributed by atoms with Gasteiger partial charge in [-0.05, 0) is 19.9 Å². The van der Waals surface area contributed by atoms with Crippen LogP contribution in [0.3, 0.4) is 0 Å². The molecule has 0 aliphatic heterocycles. The second kappa shape index (κ2) is 5.49. The number of nitrogens with two attached hydrogens (primary N) is 1. The molecule has 0 aliphatic carbocycles. The third-order valence-corrected chi connectivity index (χ3v) is 2.55. The lowest BCUT2D eigenvalue weighted by Gasteiger charge is -2.09. The van der Waals surface area contributed by atoms with E-state index in [-0.39, 0.29) is 12.5 Å². The van der Waals surface area contributed by atoms with Gasteiger partial charge in [0.2, 0.25) is 0 Å². The van der Waals surface area contributed by atoms with Crippen LogP contribution in [0.25, 0.3) is 0 Å². The maximum absolute atomic E-state index is 12.0. The lowest BCUT2D eigenvalue weighted by atomic mass is 10.2. The molecule has 0 fully saturated rings. The molecule has 4 N–H and O–H groups in total. The van der Waals surface area contributed by atoms with Crippen LogP contribution in [0, 0.1) is 13.8 Å². The van der Waals surface area contributed by atoms with Gasteiger partial charge in [0.15, 0.2) is 0 Å². The number of aryl methyl sites for hydroxylation is 2. The highest BCUT2D eigenvalue weighted by Crippen LogP contribution is 2.14. The minimum Gasteiger partial charge on any atom is -0.361 e. The predicted molar refractivity (Wildman–Crippen MR) is 69.2 cm³/mol. The second-order valence-corrected chi connectivity index (χ2v) is 4.13. The van der Waals surface area contributed by atoms with E-state index in [1.54, 1.807) is 19.1 Å². The first kappa shape index (κ1) is 13.0. The zero-order valence-corrected chi connectivity index (χ0v) is 10.7. The van der Waals surface area contributed by atoms with Crippen molar-refractivity contribution in [3.63, 3.8) is 0 Å². The molecule has 0 unspecified atom stereocenters. The van der Waals surface area contributed by atoms with Gasteiger partial charge in [0.1, 0.15) is 11.5 Å². The summed E-state index contributed by atoms with van der Waals surface area (Å²) in [6, 6.07) is 3.46. The van der Waals surface area contributed by atoms with E-state index in [1.165, 1.54) is 6.20 Å². The van der Waals surface area contributed by atoms with Crippen molar-refractivity contribution in [3.8, 4) is 0 Å². The van der Waals surface area contributed by atoms with Crippen LogP contribution in [0.2, 0.25) is 0 Å². The molecule has 1 amide bonds. The van der Waals surface area contributed by atoms with Crippen LogP contribution < -0.4 is 16.6 Å². The van der Waals surface area contributed by atoms with Crippen LogP contribution in [-0.2, 0) is 6.54 Å². The molecule has 19 heavy (non-hydrogen) atoms. The van der Waals surface area contributed by atoms with Crippen LogP contribution >= 0.6 is 0 Å². The summed E-state index contributed by atoms with van der Waals surface area (Å²) in [6.45, 7) is 3.90. The van der Waals surface area contributed by atoms with Crippen molar-refractivity contribution in [1.29, 1.82) is 0 Å². The normalized spacial score (nSPS) is 10.3. The highest BCUT2D eigenvalue weighted by molar-refractivity contribution is 5.99. The Morgan fingerprint density at radius 3 is 2.84 bits per heavy atom. The van der Waals surface area contributed by atoms with Crippen molar-refractivity contribution in [1.82, 2.24) is 15.5 Å². The summed E-state index contributed by atoms with van der Waals surface area (Å²) < 4.78 is 4.92. The number of anilines is 1. The Kier molecular flexibility index (Phi) is 3.76. The van der Waals surface area contributed by atoms with E-state index >= 15 is 0 Å². The molecular weight excluding hydrogens is 246 g/mol. The molecule has 2 heterocycles. The third-order valence-electron chi connectivity index (χ3n) is 2.55. The number of carbonyl (C=O) groups is 1. The number of amides is 1. The van der Waals surface area contributed by atoms with Gasteiger partial charge >= 0.3 is 0 Å². The number of aromatic nitrogens is 2. The lowest BCUT2D eigenvalue weighted by molar-refractivity contribution is 0.0950. The van der Waals surface area contributed by atoms with Crippen LogP contribution in [0.4, 0.5) is 5.69 Å². The van der Waals surface area contributed by atoms with Crippen molar-refractivity contribution >= 4 is 11.6 Å². The SMILES string of the molecule is Cc1cc(NN)c(C(=O)NCc2cc(C)on2)cn1. The molecule has 0 aromatic carbocycles. The van der Waals surface area contributed by atoms with E-state index in [1.807, 2.05) is 6.92 Å². The Labute approximate surface area is 110 Å². The fourth-order valence-electron chi connectivity index (χ4n) is 1.63. The van der Waals surface area contributed by atoms with E-state index in [2.05, 4.69) is 20.9 Å². The van der Waals surface area contributed by atoms with Crippen LogP contribution in [0.5, 0.6) is 0 Å². The van der Waals surface area contributed by atoms with Gasteiger partial charge in [-0.25, -0.2) is 0 Å². The maximum Gasteiger partial charge on any atom is 0.255 e. The molecule has 0 bridgehead atoms. The summed E-state index contributed by atoms with van der Waals surface area (Å²) in [5.74, 6) is 5.81. The summed E-state index contributed by atoms with van der Waals surface area (Å²) >= 11 is 0. The minimum absolute atomic E-state index is 0.277. The van der Waals surface area contributed by atoms with E-state index in [9.17, 15) is 4.79 Å². The number of hydrazine groups is 1. The molecule has 0 aliphatic rings. The largest absolute Gasteiger partial charge is 0.361 e. The van der Waals surface area contributed by atoms with Crippen LogP contribution in [0.15, 0.2) is 22.9 Å². The minimum atomic E-state index is -0.277. The Morgan fingerprint density at radius 2 is 2.21 bits per heavy atom. The molecule has 2 rings (SSSR count). The predicted octanol–water partition coefficient (Wildman–Crippen LogP) is 0.902. The van der Waals surface area contributed by atoms with Gasteiger partial charge in [0.05, 0.1) is 17.8 Å². The van der Waals surface area contributed by atoms with E-state index in [0.29, 0.717) is 22.7 Å².